The van der Waals surface area contributed by atoms with E-state index in [4.69, 9.17) is 79.9 Å². The van der Waals surface area contributed by atoms with Crippen LogP contribution in [0.15, 0.2) is 36.4 Å². The van der Waals surface area contributed by atoms with Gasteiger partial charge in [-0.3, -0.25) is 0 Å². The lowest BCUT2D eigenvalue weighted by atomic mass is 9.56. The minimum absolute atomic E-state index is 0.146. The Hall–Kier alpha value is -2.29. The second kappa shape index (κ2) is 9.92. The fourth-order valence-electron chi connectivity index (χ4n) is 5.24. The highest BCUT2D eigenvalue weighted by Crippen LogP contribution is 2.37. The molecule has 2 nitrogen and oxygen atoms in total. The third-order valence-electron chi connectivity index (χ3n) is 8.35. The van der Waals surface area contributed by atoms with Gasteiger partial charge < -0.3 is 9.31 Å². The molecular weight excluding hydrogens is 476 g/mol. The molecule has 4 aromatic rings. The molecule has 0 unspecified atom stereocenters. The van der Waals surface area contributed by atoms with E-state index in [1.807, 2.05) is 64.1 Å². The molecule has 0 saturated carbocycles. The molecule has 1 heterocycles. The van der Waals surface area contributed by atoms with Crippen molar-refractivity contribution in [1.82, 2.24) is 0 Å². The van der Waals surface area contributed by atoms with Crippen molar-refractivity contribution in [3.8, 4) is 22.3 Å². The first-order valence-corrected chi connectivity index (χ1v) is 12.8. The second-order valence-electron chi connectivity index (χ2n) is 11.2. The summed E-state index contributed by atoms with van der Waals surface area (Å²) in [5.74, 6) is 0. The molecule has 172 valence electrons. The number of hydrogen-bond acceptors (Lipinski definition) is 2. The molecule has 0 spiro atoms. The molecule has 0 aliphatic carbocycles. The lowest BCUT2D eigenvalue weighted by Crippen LogP contribution is -2.61. The van der Waals surface area contributed by atoms with E-state index in [9.17, 15) is 0 Å². The Kier molecular flexibility index (Phi) is 7.24. The van der Waals surface area contributed by atoms with E-state index in [1.54, 1.807) is 0 Å². The Morgan fingerprint density at radius 2 is 0.825 bits per heavy atom. The zero-order valence-corrected chi connectivity index (χ0v) is 23.1. The van der Waals surface area contributed by atoms with Crippen LogP contribution in [0.2, 0.25) is 0 Å². The number of hydrogen-bond donors (Lipinski definition) is 0. The van der Waals surface area contributed by atoms with Gasteiger partial charge in [0.05, 0.1) is 11.2 Å². The fourth-order valence-corrected chi connectivity index (χ4v) is 5.24. The summed E-state index contributed by atoms with van der Waals surface area (Å²) in [4.78, 5) is 0. The van der Waals surface area contributed by atoms with Gasteiger partial charge in [0.1, 0.15) is 70.6 Å². The highest BCUT2D eigenvalue weighted by Gasteiger charge is 2.52. The molecule has 1 saturated heterocycles. The smallest absolute Gasteiger partial charge is 0.399 e. The highest BCUT2D eigenvalue weighted by atomic mass is 16.7. The molecule has 1 fully saturated rings. The van der Waals surface area contributed by atoms with Gasteiger partial charge in [-0.25, -0.2) is 0 Å². The number of rotatable bonds is 3. The zero-order valence-electron chi connectivity index (χ0n) is 23.1. The van der Waals surface area contributed by atoms with Crippen molar-refractivity contribution in [2.24, 2.45) is 0 Å². The molecule has 1 aliphatic heterocycles. The van der Waals surface area contributed by atoms with Crippen LogP contribution in [0.5, 0.6) is 0 Å². The summed E-state index contributed by atoms with van der Waals surface area (Å²) in [6.07, 6.45) is 0. The molecule has 5 rings (SSSR count). The van der Waals surface area contributed by atoms with Gasteiger partial charge in [0.2, 0.25) is 0 Å². The Balaban J connectivity index is 1.79. The van der Waals surface area contributed by atoms with Gasteiger partial charge >= 0.3 is 7.12 Å². The average Bonchev–Trinajstić information content (AvgIpc) is 3.11. The second-order valence-corrected chi connectivity index (χ2v) is 11.2. The SMILES string of the molecule is [B]c1c([B])c([B])c(-c2cccc3c(-c4c([B])c([B])c([B])c(B5OC(C)(C)C(C)(C)O5)c4[B])cccc23)c([B])c1[B]. The maximum atomic E-state index is 6.83. The third-order valence-corrected chi connectivity index (χ3v) is 8.35. The lowest BCUT2D eigenvalue weighted by molar-refractivity contribution is 0.00578. The third kappa shape index (κ3) is 4.24. The molecule has 0 amide bonds. The van der Waals surface area contributed by atoms with Crippen LogP contribution in [-0.2, 0) is 9.31 Å². The minimum Gasteiger partial charge on any atom is -0.399 e. The van der Waals surface area contributed by atoms with Crippen molar-refractivity contribution < 1.29 is 9.31 Å². The molecule has 12 heteroatoms. The standard InChI is InChI=1S/C28H18B10O2/c1-27(2)28(3,4)40-38(39-27)26-20(32)16(19(31)23(35)25(26)37)14-10-6-7-11-12(14)8-5-9-13(11)15-17(29)21(33)24(36)22(34)18(15)30/h5-10H,1-4H3. The van der Waals surface area contributed by atoms with Gasteiger partial charge in [0.15, 0.2) is 0 Å². The van der Waals surface area contributed by atoms with E-state index < -0.39 is 18.3 Å². The first-order valence-electron chi connectivity index (χ1n) is 12.8. The molecule has 40 heavy (non-hydrogen) atoms. The Labute approximate surface area is 249 Å². The average molecular weight is 495 g/mol. The number of fused-ring (bicyclic) bond motifs is 1. The van der Waals surface area contributed by atoms with Gasteiger partial charge in [-0.15, -0.1) is 27.3 Å². The summed E-state index contributed by atoms with van der Waals surface area (Å²) in [5, 5.41) is 1.60. The topological polar surface area (TPSA) is 18.5 Å². The van der Waals surface area contributed by atoms with Crippen LogP contribution in [0.4, 0.5) is 0 Å². The lowest BCUT2D eigenvalue weighted by Gasteiger charge is -2.32. The normalized spacial score (nSPS) is 16.1. The monoisotopic (exact) mass is 496 g/mol. The van der Waals surface area contributed by atoms with Gasteiger partial charge in [0.25, 0.3) is 0 Å². The Bertz CT molecular complexity index is 1670. The van der Waals surface area contributed by atoms with Crippen molar-refractivity contribution in [3.63, 3.8) is 0 Å². The quantitative estimate of drug-likeness (QED) is 0.268. The number of benzene rings is 4. The van der Waals surface area contributed by atoms with Crippen LogP contribution >= 0.6 is 0 Å². The minimum atomic E-state index is -0.850. The summed E-state index contributed by atoms with van der Waals surface area (Å²) in [6.45, 7) is 7.78. The predicted octanol–water partition coefficient (Wildman–Crippen LogP) is -4.38. The molecule has 0 N–H and O–H groups in total. The summed E-state index contributed by atoms with van der Waals surface area (Å²) >= 11 is 0. The molecule has 4 aromatic carbocycles. The molecule has 0 bridgehead atoms. The van der Waals surface area contributed by atoms with Crippen molar-refractivity contribution >= 4 is 143 Å². The molecular formula is C28H18B10O2. The van der Waals surface area contributed by atoms with Crippen molar-refractivity contribution in [2.45, 2.75) is 38.9 Å². The van der Waals surface area contributed by atoms with Crippen molar-refractivity contribution in [3.05, 3.63) is 36.4 Å². The van der Waals surface area contributed by atoms with E-state index in [0.717, 1.165) is 10.8 Å². The molecule has 0 atom stereocenters. The molecule has 0 aromatic heterocycles. The molecule has 18 radical (unpaired) electrons. The van der Waals surface area contributed by atoms with Crippen LogP contribution in [0.3, 0.4) is 0 Å². The van der Waals surface area contributed by atoms with Gasteiger partial charge in [-0.1, -0.05) is 58.2 Å². The van der Waals surface area contributed by atoms with Crippen LogP contribution in [0.1, 0.15) is 27.7 Å². The van der Waals surface area contributed by atoms with E-state index in [2.05, 4.69) is 0 Å². The van der Waals surface area contributed by atoms with Crippen LogP contribution in [0.25, 0.3) is 33.0 Å². The first-order chi connectivity index (χ1) is 18.6. The van der Waals surface area contributed by atoms with Crippen LogP contribution in [0, 0.1) is 0 Å². The Morgan fingerprint density at radius 1 is 0.475 bits per heavy atom. The summed E-state index contributed by atoms with van der Waals surface area (Å²) in [6, 6.07) is 11.4. The summed E-state index contributed by atoms with van der Waals surface area (Å²) < 4.78 is 12.6. The van der Waals surface area contributed by atoms with Crippen LogP contribution < -0.4 is 54.6 Å². The summed E-state index contributed by atoms with van der Waals surface area (Å²) in [7, 11) is 56.7. The molecule has 1 aliphatic rings. The predicted molar refractivity (Wildman–Crippen MR) is 179 cm³/mol. The van der Waals surface area contributed by atoms with E-state index in [1.165, 1.54) is 0 Å². The van der Waals surface area contributed by atoms with Crippen molar-refractivity contribution in [2.75, 3.05) is 0 Å². The highest BCUT2D eigenvalue weighted by molar-refractivity contribution is 6.77. The van der Waals surface area contributed by atoms with Gasteiger partial charge in [-0.05, 0) is 66.2 Å². The largest absolute Gasteiger partial charge is 0.493 e. The first kappa shape index (κ1) is 29.2. The van der Waals surface area contributed by atoms with E-state index >= 15 is 0 Å². The summed E-state index contributed by atoms with van der Waals surface area (Å²) in [5.41, 5.74) is 3.52. The van der Waals surface area contributed by atoms with Crippen molar-refractivity contribution in [1.29, 1.82) is 0 Å². The van der Waals surface area contributed by atoms with E-state index in [0.29, 0.717) is 33.2 Å². The van der Waals surface area contributed by atoms with Gasteiger partial charge in [0, 0.05) is 0 Å². The maximum absolute atomic E-state index is 6.83. The fraction of sp³-hybridized carbons (Fsp3) is 0.214. The maximum Gasteiger partial charge on any atom is 0.493 e. The van der Waals surface area contributed by atoms with Crippen LogP contribution in [-0.4, -0.2) is 88.9 Å². The zero-order chi connectivity index (χ0) is 29.5. The Morgan fingerprint density at radius 3 is 1.25 bits per heavy atom. The van der Waals surface area contributed by atoms with Gasteiger partial charge in [-0.2, -0.15) is 0 Å². The van der Waals surface area contributed by atoms with E-state index in [-0.39, 0.29) is 43.7 Å².